The third kappa shape index (κ3) is 5.03. The molecule has 3 amide bonds. The van der Waals surface area contributed by atoms with Gasteiger partial charge in [-0.25, -0.2) is 5.01 Å². The fraction of sp³-hybridized carbons (Fsp3) is 0.583. The molecule has 33 heavy (non-hydrogen) atoms. The minimum absolute atomic E-state index is 0.0803. The van der Waals surface area contributed by atoms with Crippen molar-refractivity contribution in [3.05, 3.63) is 35.9 Å². The van der Waals surface area contributed by atoms with E-state index in [-0.39, 0.29) is 37.2 Å². The maximum absolute atomic E-state index is 13.4. The van der Waals surface area contributed by atoms with Gasteiger partial charge in [-0.2, -0.15) is 0 Å². The molecule has 2 saturated heterocycles. The molecule has 0 unspecified atom stereocenters. The standard InChI is InChI=1S/C24H32N4O5/c1-25-16-22(30)27-19(13-23(31)32)24(33)26(14-18-10-6-3-7-11-18)15-20(27)28(25)21(29)12-17-8-4-2-5-9-17/h2,4-5,8-9,18-20H,3,6-7,10-16H2,1H3,(H,31,32)/t19-,20-/m0/s1. The van der Waals surface area contributed by atoms with Crippen LogP contribution in [0.2, 0.25) is 0 Å². The largest absolute Gasteiger partial charge is 0.481 e. The molecule has 2 aliphatic heterocycles. The van der Waals surface area contributed by atoms with Crippen LogP contribution in [0.5, 0.6) is 0 Å². The van der Waals surface area contributed by atoms with Crippen molar-refractivity contribution in [2.24, 2.45) is 5.92 Å². The minimum Gasteiger partial charge on any atom is -0.481 e. The van der Waals surface area contributed by atoms with E-state index in [1.807, 2.05) is 30.3 Å². The normalized spacial score (nSPS) is 24.7. The number of aliphatic carboxylic acids is 1. The number of likely N-dealkylation sites (N-methyl/N-ethyl adjacent to an activating group) is 1. The van der Waals surface area contributed by atoms with Crippen LogP contribution in [-0.2, 0) is 25.6 Å². The van der Waals surface area contributed by atoms with Crippen LogP contribution in [0.4, 0.5) is 0 Å². The molecule has 1 aliphatic carbocycles. The highest BCUT2D eigenvalue weighted by atomic mass is 16.4. The molecule has 1 saturated carbocycles. The molecule has 2 atom stereocenters. The molecule has 9 nitrogen and oxygen atoms in total. The minimum atomic E-state index is -1.14. The molecule has 1 N–H and O–H groups in total. The average molecular weight is 457 g/mol. The molecule has 0 spiro atoms. The highest BCUT2D eigenvalue weighted by molar-refractivity contribution is 5.94. The van der Waals surface area contributed by atoms with Crippen LogP contribution in [0, 0.1) is 5.92 Å². The first-order valence-corrected chi connectivity index (χ1v) is 11.7. The Morgan fingerprint density at radius 1 is 1.06 bits per heavy atom. The Labute approximate surface area is 193 Å². The molecule has 0 aromatic heterocycles. The van der Waals surface area contributed by atoms with Gasteiger partial charge in [0.15, 0.2) is 0 Å². The van der Waals surface area contributed by atoms with Gasteiger partial charge in [0, 0.05) is 13.6 Å². The van der Waals surface area contributed by atoms with Gasteiger partial charge in [0.05, 0.1) is 25.9 Å². The molecular formula is C24H32N4O5. The lowest BCUT2D eigenvalue weighted by Crippen LogP contribution is -2.75. The van der Waals surface area contributed by atoms with E-state index < -0.39 is 24.6 Å². The van der Waals surface area contributed by atoms with E-state index in [9.17, 15) is 24.3 Å². The molecule has 178 valence electrons. The molecule has 2 heterocycles. The van der Waals surface area contributed by atoms with Crippen LogP contribution in [0.1, 0.15) is 44.1 Å². The third-order valence-electron chi connectivity index (χ3n) is 6.96. The van der Waals surface area contributed by atoms with Crippen molar-refractivity contribution in [3.63, 3.8) is 0 Å². The lowest BCUT2D eigenvalue weighted by atomic mass is 9.88. The zero-order valence-corrected chi connectivity index (χ0v) is 19.1. The number of carbonyl (C=O) groups excluding carboxylic acids is 3. The fourth-order valence-corrected chi connectivity index (χ4v) is 5.43. The number of hydrazine groups is 1. The highest BCUT2D eigenvalue weighted by Gasteiger charge is 2.51. The Kier molecular flexibility index (Phi) is 6.97. The summed E-state index contributed by atoms with van der Waals surface area (Å²) in [5.41, 5.74) is 0.854. The maximum Gasteiger partial charge on any atom is 0.305 e. The summed E-state index contributed by atoms with van der Waals surface area (Å²) in [7, 11) is 1.69. The smallest absolute Gasteiger partial charge is 0.305 e. The predicted octanol–water partition coefficient (Wildman–Crippen LogP) is 1.34. The summed E-state index contributed by atoms with van der Waals surface area (Å²) in [4.78, 5) is 54.3. The third-order valence-corrected chi connectivity index (χ3v) is 6.96. The lowest BCUT2D eigenvalue weighted by molar-refractivity contribution is -0.203. The number of nitrogens with zero attached hydrogens (tertiary/aromatic N) is 4. The van der Waals surface area contributed by atoms with Gasteiger partial charge in [0.2, 0.25) is 17.7 Å². The van der Waals surface area contributed by atoms with Crippen molar-refractivity contribution in [2.45, 2.75) is 57.2 Å². The van der Waals surface area contributed by atoms with E-state index in [2.05, 4.69) is 0 Å². The second kappa shape index (κ2) is 9.91. The molecule has 1 aromatic carbocycles. The first kappa shape index (κ1) is 23.2. The molecule has 4 rings (SSSR count). The van der Waals surface area contributed by atoms with E-state index in [0.717, 1.165) is 31.2 Å². The predicted molar refractivity (Wildman–Crippen MR) is 119 cm³/mol. The number of hydrogen-bond donors (Lipinski definition) is 1. The van der Waals surface area contributed by atoms with Crippen molar-refractivity contribution < 1.29 is 24.3 Å². The topological polar surface area (TPSA) is 101 Å². The van der Waals surface area contributed by atoms with Gasteiger partial charge < -0.3 is 14.9 Å². The number of carboxylic acid groups (broad SMARTS) is 1. The van der Waals surface area contributed by atoms with Crippen molar-refractivity contribution in [3.8, 4) is 0 Å². The Bertz CT molecular complexity index is 901. The van der Waals surface area contributed by atoms with Crippen LogP contribution in [0.15, 0.2) is 30.3 Å². The summed E-state index contributed by atoms with van der Waals surface area (Å²) in [6.45, 7) is 0.656. The van der Waals surface area contributed by atoms with E-state index >= 15 is 0 Å². The summed E-state index contributed by atoms with van der Waals surface area (Å²) >= 11 is 0. The average Bonchev–Trinajstić information content (AvgIpc) is 2.77. The summed E-state index contributed by atoms with van der Waals surface area (Å²) in [6, 6.07) is 8.26. The number of benzene rings is 1. The Morgan fingerprint density at radius 2 is 1.76 bits per heavy atom. The van der Waals surface area contributed by atoms with Crippen molar-refractivity contribution >= 4 is 23.7 Å². The number of hydrogen-bond acceptors (Lipinski definition) is 5. The SMILES string of the molecule is CN1CC(=O)N2[C@@H](CC(=O)O)C(=O)N(CC3CCCCC3)C[C@@H]2N1C(=O)Cc1ccccc1. The second-order valence-corrected chi connectivity index (χ2v) is 9.36. The van der Waals surface area contributed by atoms with Crippen molar-refractivity contribution in [1.82, 2.24) is 19.8 Å². The monoisotopic (exact) mass is 456 g/mol. The molecule has 1 aromatic rings. The second-order valence-electron chi connectivity index (χ2n) is 9.36. The van der Waals surface area contributed by atoms with Crippen LogP contribution in [0.25, 0.3) is 0 Å². The van der Waals surface area contributed by atoms with Gasteiger partial charge in [-0.05, 0) is 24.3 Å². The number of rotatable bonds is 6. The maximum atomic E-state index is 13.4. The fourth-order valence-electron chi connectivity index (χ4n) is 5.43. The van der Waals surface area contributed by atoms with Crippen LogP contribution in [-0.4, -0.2) is 87.5 Å². The van der Waals surface area contributed by atoms with Gasteiger partial charge in [0.25, 0.3) is 0 Å². The van der Waals surface area contributed by atoms with Gasteiger partial charge >= 0.3 is 5.97 Å². The zero-order chi connectivity index (χ0) is 23.5. The summed E-state index contributed by atoms with van der Waals surface area (Å²) in [5.74, 6) is -1.62. The van der Waals surface area contributed by atoms with Crippen LogP contribution >= 0.6 is 0 Å². The first-order valence-electron chi connectivity index (χ1n) is 11.7. The summed E-state index contributed by atoms with van der Waals surface area (Å²) in [6.07, 6.45) is 4.51. The molecule has 0 radical (unpaired) electrons. The highest BCUT2D eigenvalue weighted by Crippen LogP contribution is 2.31. The number of piperazine rings is 1. The molecule has 9 heteroatoms. The van der Waals surface area contributed by atoms with Gasteiger partial charge in [-0.3, -0.25) is 24.2 Å². The Hall–Kier alpha value is -2.94. The van der Waals surface area contributed by atoms with Crippen LogP contribution < -0.4 is 0 Å². The Morgan fingerprint density at radius 3 is 2.42 bits per heavy atom. The quantitative estimate of drug-likeness (QED) is 0.693. The summed E-state index contributed by atoms with van der Waals surface area (Å²) in [5, 5.41) is 12.6. The summed E-state index contributed by atoms with van der Waals surface area (Å²) < 4.78 is 0. The van der Waals surface area contributed by atoms with Gasteiger partial charge in [-0.1, -0.05) is 49.6 Å². The molecule has 0 bridgehead atoms. The number of carboxylic acids is 1. The number of amides is 3. The van der Waals surface area contributed by atoms with Gasteiger partial charge in [-0.15, -0.1) is 0 Å². The van der Waals surface area contributed by atoms with Gasteiger partial charge in [0.1, 0.15) is 12.2 Å². The number of carbonyl (C=O) groups is 4. The van der Waals surface area contributed by atoms with E-state index in [1.165, 1.54) is 11.3 Å². The lowest BCUT2D eigenvalue weighted by Gasteiger charge is -2.54. The zero-order valence-electron chi connectivity index (χ0n) is 19.1. The van der Waals surface area contributed by atoms with Crippen molar-refractivity contribution in [2.75, 3.05) is 26.7 Å². The Balaban J connectivity index is 1.62. The molecule has 3 fully saturated rings. The van der Waals surface area contributed by atoms with Crippen LogP contribution in [0.3, 0.4) is 0 Å². The molecular weight excluding hydrogens is 424 g/mol. The van der Waals surface area contributed by atoms with E-state index in [4.69, 9.17) is 0 Å². The van der Waals surface area contributed by atoms with Crippen molar-refractivity contribution in [1.29, 1.82) is 0 Å². The molecule has 3 aliphatic rings. The first-order chi connectivity index (χ1) is 15.8. The van der Waals surface area contributed by atoms with E-state index in [1.54, 1.807) is 22.0 Å². The number of fused-ring (bicyclic) bond motifs is 1. The van der Waals surface area contributed by atoms with E-state index in [0.29, 0.717) is 12.5 Å².